The van der Waals surface area contributed by atoms with Crippen LogP contribution in [-0.2, 0) is 4.79 Å². The van der Waals surface area contributed by atoms with Crippen molar-refractivity contribution in [1.82, 2.24) is 29.5 Å². The number of likely N-dealkylation sites (N-methyl/N-ethyl adjacent to an activating group) is 1. The number of rotatable bonds is 8. The molecule has 2 aromatic heterocycles. The molecule has 0 atom stereocenters. The number of benzene rings is 1. The fourth-order valence-corrected chi connectivity index (χ4v) is 4.03. The molecule has 10 nitrogen and oxygen atoms in total. The molecule has 0 aliphatic carbocycles. The zero-order chi connectivity index (χ0) is 25.7. The number of carbonyl (C=O) groups excluding carboxylic acids is 1. The fraction of sp³-hybridized carbons (Fsp3) is 0.385. The van der Waals surface area contributed by atoms with Gasteiger partial charge in [-0.3, -0.25) is 4.79 Å². The van der Waals surface area contributed by atoms with E-state index in [1.165, 1.54) is 6.33 Å². The van der Waals surface area contributed by atoms with Gasteiger partial charge in [-0.25, -0.2) is 14.6 Å². The maximum absolute atomic E-state index is 12.5. The van der Waals surface area contributed by atoms with Crippen LogP contribution in [0.2, 0.25) is 0 Å². The van der Waals surface area contributed by atoms with E-state index in [1.807, 2.05) is 18.2 Å². The Hall–Kier alpha value is -4.10. The minimum Gasteiger partial charge on any atom is -0.497 e. The molecule has 10 heteroatoms. The summed E-state index contributed by atoms with van der Waals surface area (Å²) in [5, 5.41) is 5.31. The van der Waals surface area contributed by atoms with Crippen LogP contribution in [0.25, 0.3) is 11.0 Å². The quantitative estimate of drug-likeness (QED) is 0.378. The third kappa shape index (κ3) is 5.26. The van der Waals surface area contributed by atoms with Crippen LogP contribution in [0.15, 0.2) is 36.7 Å². The van der Waals surface area contributed by atoms with Gasteiger partial charge >= 0.3 is 0 Å². The Morgan fingerprint density at radius 1 is 1.14 bits per heavy atom. The van der Waals surface area contributed by atoms with Crippen LogP contribution >= 0.6 is 0 Å². The number of carbonyl (C=O) groups is 1. The Kier molecular flexibility index (Phi) is 7.71. The zero-order valence-corrected chi connectivity index (χ0v) is 21.1. The predicted octanol–water partition coefficient (Wildman–Crippen LogP) is 2.11. The molecule has 1 saturated heterocycles. The molecular formula is C26H31N7O3. The fourth-order valence-electron chi connectivity index (χ4n) is 4.03. The average Bonchev–Trinajstić information content (AvgIpc) is 3.23. The number of ether oxygens (including phenoxy) is 2. The highest BCUT2D eigenvalue weighted by Gasteiger charge is 2.33. The zero-order valence-electron chi connectivity index (χ0n) is 21.1. The third-order valence-electron chi connectivity index (χ3n) is 6.23. The molecule has 1 amide bonds. The number of nitrogens with two attached hydrogens (primary N) is 1. The summed E-state index contributed by atoms with van der Waals surface area (Å²) in [6.07, 6.45) is 4.98. The number of anilines is 1. The van der Waals surface area contributed by atoms with Crippen LogP contribution in [0.5, 0.6) is 11.5 Å². The summed E-state index contributed by atoms with van der Waals surface area (Å²) in [5.41, 5.74) is 7.97. The highest BCUT2D eigenvalue weighted by Crippen LogP contribution is 2.28. The highest BCUT2D eigenvalue weighted by atomic mass is 16.5. The molecule has 1 fully saturated rings. The summed E-state index contributed by atoms with van der Waals surface area (Å²) in [5.74, 6) is 7.81. The lowest BCUT2D eigenvalue weighted by atomic mass is 10.1. The minimum atomic E-state index is -0.0191. The first-order chi connectivity index (χ1) is 17.5. The van der Waals surface area contributed by atoms with Crippen molar-refractivity contribution in [2.24, 2.45) is 0 Å². The van der Waals surface area contributed by atoms with Gasteiger partial charge in [-0.15, -0.1) is 0 Å². The Morgan fingerprint density at radius 2 is 1.83 bits per heavy atom. The molecule has 3 aromatic rings. The van der Waals surface area contributed by atoms with Crippen LogP contribution in [0, 0.1) is 11.8 Å². The van der Waals surface area contributed by atoms with E-state index < -0.39 is 0 Å². The van der Waals surface area contributed by atoms with Gasteiger partial charge in [0, 0.05) is 37.3 Å². The summed E-state index contributed by atoms with van der Waals surface area (Å²) in [4.78, 5) is 25.1. The van der Waals surface area contributed by atoms with Crippen molar-refractivity contribution >= 4 is 22.8 Å². The summed E-state index contributed by atoms with van der Waals surface area (Å²) >= 11 is 0. The van der Waals surface area contributed by atoms with Crippen molar-refractivity contribution in [3.8, 4) is 23.3 Å². The topological polar surface area (TPSA) is 112 Å². The van der Waals surface area contributed by atoms with Gasteiger partial charge in [0.2, 0.25) is 5.91 Å². The molecule has 0 spiro atoms. The lowest BCUT2D eigenvalue weighted by Gasteiger charge is -2.38. The number of hydrogen-bond donors (Lipinski definition) is 1. The third-order valence-corrected chi connectivity index (χ3v) is 6.23. The molecule has 0 saturated carbocycles. The smallest absolute Gasteiger partial charge is 0.246 e. The number of likely N-dealkylation sites (tertiary alicyclic amines) is 1. The second kappa shape index (κ2) is 11.1. The first kappa shape index (κ1) is 25.0. The van der Waals surface area contributed by atoms with Crippen LogP contribution < -0.4 is 15.2 Å². The van der Waals surface area contributed by atoms with Gasteiger partial charge in [-0.1, -0.05) is 25.8 Å². The normalized spacial score (nSPS) is 13.6. The Bertz CT molecular complexity index is 1310. The summed E-state index contributed by atoms with van der Waals surface area (Å²) in [6.45, 7) is 7.96. The van der Waals surface area contributed by atoms with E-state index in [4.69, 9.17) is 20.3 Å². The van der Waals surface area contributed by atoms with Crippen molar-refractivity contribution < 1.29 is 14.3 Å². The predicted molar refractivity (Wildman–Crippen MR) is 138 cm³/mol. The van der Waals surface area contributed by atoms with E-state index in [-0.39, 0.29) is 11.9 Å². The second-order valence-electron chi connectivity index (χ2n) is 8.39. The van der Waals surface area contributed by atoms with Crippen LogP contribution in [0.3, 0.4) is 0 Å². The van der Waals surface area contributed by atoms with Gasteiger partial charge < -0.3 is 25.0 Å². The van der Waals surface area contributed by atoms with E-state index in [9.17, 15) is 4.79 Å². The monoisotopic (exact) mass is 489 g/mol. The summed E-state index contributed by atoms with van der Waals surface area (Å²) in [6, 6.07) is 5.40. The standard InChI is InChI=1S/C26H31N7O3/c1-5-31(6-2)11-7-8-23(34)32-15-19(16-32)33-26-24(25(27)28-17-29-26)22(30-33)10-9-18-12-20(35-3)14-21(13-18)36-4/h7-8,12-14,17,19H,5-6,11,15-16H2,1-4H3,(H2,27,28,29)/b8-7+. The molecule has 3 heterocycles. The van der Waals surface area contributed by atoms with Crippen LogP contribution in [0.1, 0.15) is 31.1 Å². The van der Waals surface area contributed by atoms with Crippen molar-refractivity contribution in [2.45, 2.75) is 19.9 Å². The molecule has 0 radical (unpaired) electrons. The molecule has 1 aliphatic rings. The number of amides is 1. The molecule has 36 heavy (non-hydrogen) atoms. The summed E-state index contributed by atoms with van der Waals surface area (Å²) < 4.78 is 12.5. The van der Waals surface area contributed by atoms with Gasteiger partial charge in [0.15, 0.2) is 5.65 Å². The van der Waals surface area contributed by atoms with Crippen LogP contribution in [0.4, 0.5) is 5.82 Å². The Balaban J connectivity index is 1.54. The molecular weight excluding hydrogens is 458 g/mol. The molecule has 4 rings (SSSR count). The number of fused-ring (bicyclic) bond motifs is 1. The first-order valence-electron chi connectivity index (χ1n) is 11.9. The maximum Gasteiger partial charge on any atom is 0.246 e. The van der Waals surface area contributed by atoms with Crippen molar-refractivity contribution in [1.29, 1.82) is 0 Å². The highest BCUT2D eigenvalue weighted by molar-refractivity contribution is 5.91. The minimum absolute atomic E-state index is 0.00371. The van der Waals surface area contributed by atoms with Crippen molar-refractivity contribution in [3.63, 3.8) is 0 Å². The van der Waals surface area contributed by atoms with Crippen LogP contribution in [-0.4, -0.2) is 82.4 Å². The van der Waals surface area contributed by atoms with Gasteiger partial charge in [0.1, 0.15) is 29.3 Å². The Labute approximate surface area is 210 Å². The van der Waals surface area contributed by atoms with Crippen molar-refractivity contribution in [2.75, 3.05) is 52.7 Å². The maximum atomic E-state index is 12.5. The SMILES string of the molecule is CCN(CC)C/C=C/C(=O)N1CC(n2nc(C#Cc3cc(OC)cc(OC)c3)c3c(N)ncnc32)C1. The average molecular weight is 490 g/mol. The molecule has 0 bridgehead atoms. The summed E-state index contributed by atoms with van der Waals surface area (Å²) in [7, 11) is 3.18. The number of hydrogen-bond acceptors (Lipinski definition) is 8. The second-order valence-corrected chi connectivity index (χ2v) is 8.39. The van der Waals surface area contributed by atoms with Gasteiger partial charge in [0.25, 0.3) is 0 Å². The molecule has 188 valence electrons. The van der Waals surface area contributed by atoms with E-state index >= 15 is 0 Å². The van der Waals surface area contributed by atoms with Gasteiger partial charge in [-0.2, -0.15) is 5.10 Å². The van der Waals surface area contributed by atoms with E-state index in [1.54, 1.807) is 35.9 Å². The van der Waals surface area contributed by atoms with Crippen molar-refractivity contribution in [3.05, 3.63) is 47.9 Å². The lowest BCUT2D eigenvalue weighted by Crippen LogP contribution is -2.50. The van der Waals surface area contributed by atoms with E-state index in [0.717, 1.165) is 19.6 Å². The lowest BCUT2D eigenvalue weighted by molar-refractivity contribution is -0.131. The number of methoxy groups -OCH3 is 2. The molecule has 2 N–H and O–H groups in total. The number of nitrogens with zero attached hydrogens (tertiary/aromatic N) is 6. The van der Waals surface area contributed by atoms with Gasteiger partial charge in [0.05, 0.1) is 25.6 Å². The number of nitrogen functional groups attached to an aromatic ring is 1. The first-order valence-corrected chi connectivity index (χ1v) is 11.9. The largest absolute Gasteiger partial charge is 0.497 e. The molecule has 1 aromatic carbocycles. The Morgan fingerprint density at radius 3 is 2.47 bits per heavy atom. The van der Waals surface area contributed by atoms with E-state index in [0.29, 0.717) is 52.7 Å². The van der Waals surface area contributed by atoms with E-state index in [2.05, 4.69) is 40.6 Å². The number of aromatic nitrogens is 4. The van der Waals surface area contributed by atoms with Gasteiger partial charge in [-0.05, 0) is 31.1 Å². The molecule has 1 aliphatic heterocycles. The molecule has 0 unspecified atom stereocenters.